The molecule has 3 fully saturated rings. The molecule has 5 heterocycles. The van der Waals surface area contributed by atoms with E-state index in [-0.39, 0.29) is 34.2 Å². The summed E-state index contributed by atoms with van der Waals surface area (Å²) in [6, 6.07) is 6.61. The summed E-state index contributed by atoms with van der Waals surface area (Å²) >= 11 is 1.02. The van der Waals surface area contributed by atoms with Crippen molar-refractivity contribution < 1.29 is 42.3 Å². The highest BCUT2D eigenvalue weighted by Gasteiger charge is 2.50. The Morgan fingerprint density at radius 1 is 1.14 bits per heavy atom. The number of aromatic nitrogens is 1. The molecule has 11 nitrogen and oxygen atoms in total. The number of hydrogen-bond acceptors (Lipinski definition) is 7. The summed E-state index contributed by atoms with van der Waals surface area (Å²) in [4.78, 5) is 66.7. The lowest BCUT2D eigenvalue weighted by molar-refractivity contribution is -0.150. The van der Waals surface area contributed by atoms with Gasteiger partial charge in [-0.25, -0.2) is 0 Å². The van der Waals surface area contributed by atoms with Crippen molar-refractivity contribution in [2.24, 2.45) is 0 Å². The second-order valence-electron chi connectivity index (χ2n) is 11.3. The van der Waals surface area contributed by atoms with E-state index in [4.69, 9.17) is 14.5 Å². The molecule has 0 spiro atoms. The Hall–Kier alpha value is -3.29. The molecule has 234 valence electrons. The SMILES string of the molecule is O=C(NC1CCC[C@H]2CC[C@@H](C(=O)N3CCOC(c4cccnc4)C3)N2C1=O)c1cc2cc(C(F)(F)P(=O)(O)O)ccc2s1. The van der Waals surface area contributed by atoms with E-state index >= 15 is 0 Å². The smallest absolute Gasteiger partial charge is 0.370 e. The van der Waals surface area contributed by atoms with Crippen LogP contribution in [0.5, 0.6) is 0 Å². The highest BCUT2D eigenvalue weighted by Crippen LogP contribution is 2.59. The third-order valence-corrected chi connectivity index (χ3v) is 10.7. The Kier molecular flexibility index (Phi) is 8.31. The van der Waals surface area contributed by atoms with Crippen molar-refractivity contribution in [3.63, 3.8) is 0 Å². The summed E-state index contributed by atoms with van der Waals surface area (Å²) in [5, 5.41) is 3.01. The van der Waals surface area contributed by atoms with Gasteiger partial charge < -0.3 is 29.6 Å². The van der Waals surface area contributed by atoms with Gasteiger partial charge in [-0.15, -0.1) is 11.3 Å². The molecule has 3 aromatic rings. The van der Waals surface area contributed by atoms with Crippen LogP contribution in [0.1, 0.15) is 59.0 Å². The lowest BCUT2D eigenvalue weighted by Crippen LogP contribution is -2.56. The number of nitrogens with one attached hydrogen (secondary N) is 1. The Morgan fingerprint density at radius 2 is 1.95 bits per heavy atom. The van der Waals surface area contributed by atoms with Crippen LogP contribution < -0.4 is 5.32 Å². The van der Waals surface area contributed by atoms with Gasteiger partial charge in [0.05, 0.1) is 18.0 Å². The third kappa shape index (κ3) is 5.77. The number of alkyl halides is 2. The van der Waals surface area contributed by atoms with Gasteiger partial charge in [0.2, 0.25) is 11.8 Å². The summed E-state index contributed by atoms with van der Waals surface area (Å²) in [5.41, 5.74) is -4.36. The standard InChI is InChI=1S/C29H31F2N4O7PS/c30-29(31,43(39,40)41)19-6-9-24-18(13-19)14-25(44-24)26(36)33-21-5-1-4-20-7-8-22(35(20)27(21)37)28(38)34-11-12-42-23(16-34)17-3-2-10-32-15-17/h2-3,6,9-10,13-15,20-23H,1,4-5,7-8,11-12,16H2,(H,33,36)(H2,39,40,41)/t20-,21?,22-,23?/m0/s1. The van der Waals surface area contributed by atoms with E-state index in [2.05, 4.69) is 10.3 Å². The van der Waals surface area contributed by atoms with E-state index in [0.717, 1.165) is 29.0 Å². The van der Waals surface area contributed by atoms with E-state index < -0.39 is 36.8 Å². The van der Waals surface area contributed by atoms with E-state index in [1.54, 1.807) is 22.2 Å². The van der Waals surface area contributed by atoms with Gasteiger partial charge in [0.15, 0.2) is 0 Å². The predicted octanol–water partition coefficient (Wildman–Crippen LogP) is 3.77. The van der Waals surface area contributed by atoms with Crippen LogP contribution >= 0.6 is 18.9 Å². The highest BCUT2D eigenvalue weighted by atomic mass is 32.1. The number of morpholine rings is 1. The second kappa shape index (κ2) is 11.9. The summed E-state index contributed by atoms with van der Waals surface area (Å²) in [7, 11) is -5.75. The monoisotopic (exact) mass is 648 g/mol. The average Bonchev–Trinajstić information content (AvgIpc) is 3.60. The highest BCUT2D eigenvalue weighted by molar-refractivity contribution is 7.52. The van der Waals surface area contributed by atoms with Crippen LogP contribution in [-0.4, -0.2) is 80.1 Å². The molecule has 3 N–H and O–H groups in total. The number of fused-ring (bicyclic) bond motifs is 2. The first kappa shape index (κ1) is 30.7. The molecule has 3 aliphatic rings. The van der Waals surface area contributed by atoms with E-state index in [1.807, 2.05) is 12.1 Å². The lowest BCUT2D eigenvalue weighted by Gasteiger charge is -2.37. The average molecular weight is 649 g/mol. The van der Waals surface area contributed by atoms with Crippen LogP contribution in [0.25, 0.3) is 10.1 Å². The van der Waals surface area contributed by atoms with Crippen molar-refractivity contribution >= 4 is 46.7 Å². The van der Waals surface area contributed by atoms with Crippen molar-refractivity contribution in [2.45, 2.75) is 62.0 Å². The van der Waals surface area contributed by atoms with Crippen molar-refractivity contribution in [1.29, 1.82) is 0 Å². The molecule has 44 heavy (non-hydrogen) atoms. The number of ether oxygens (including phenoxy) is 1. The molecule has 0 bridgehead atoms. The van der Waals surface area contributed by atoms with E-state index in [1.165, 1.54) is 12.1 Å². The molecule has 1 aromatic carbocycles. The largest absolute Gasteiger partial charge is 0.399 e. The Labute approximate surface area is 255 Å². The molecule has 3 amide bonds. The van der Waals surface area contributed by atoms with Gasteiger partial charge in [0, 0.05) is 40.8 Å². The number of carbonyl (C=O) groups is 3. The topological polar surface area (TPSA) is 149 Å². The van der Waals surface area contributed by atoms with Crippen LogP contribution in [-0.2, 0) is 24.6 Å². The molecule has 15 heteroatoms. The molecule has 0 saturated carbocycles. The van der Waals surface area contributed by atoms with Crippen LogP contribution in [0.4, 0.5) is 8.78 Å². The quantitative estimate of drug-likeness (QED) is 0.342. The van der Waals surface area contributed by atoms with Crippen LogP contribution in [0.3, 0.4) is 0 Å². The normalized spacial score (nSPS) is 24.7. The Bertz CT molecular complexity index is 1630. The number of thiophene rings is 1. The first-order chi connectivity index (χ1) is 20.9. The summed E-state index contributed by atoms with van der Waals surface area (Å²) in [6.07, 6.45) is 6.06. The third-order valence-electron chi connectivity index (χ3n) is 8.56. The zero-order valence-electron chi connectivity index (χ0n) is 23.5. The number of benzene rings is 1. The Balaban J connectivity index is 1.16. The van der Waals surface area contributed by atoms with Crippen molar-refractivity contribution in [3.8, 4) is 0 Å². The van der Waals surface area contributed by atoms with Gasteiger partial charge in [0.25, 0.3) is 5.91 Å². The van der Waals surface area contributed by atoms with Crippen LogP contribution in [0, 0.1) is 0 Å². The minimum Gasteiger partial charge on any atom is -0.370 e. The van der Waals surface area contributed by atoms with Gasteiger partial charge in [0.1, 0.15) is 18.2 Å². The van der Waals surface area contributed by atoms with Gasteiger partial charge in [-0.05, 0) is 61.8 Å². The van der Waals surface area contributed by atoms with Crippen molar-refractivity contribution in [2.75, 3.05) is 19.7 Å². The van der Waals surface area contributed by atoms with Gasteiger partial charge >= 0.3 is 13.3 Å². The maximum Gasteiger partial charge on any atom is 0.399 e. The molecule has 6 rings (SSSR count). The number of hydrogen-bond donors (Lipinski definition) is 3. The fourth-order valence-corrected chi connectivity index (χ4v) is 7.73. The first-order valence-corrected chi connectivity index (χ1v) is 16.8. The molecule has 4 atom stereocenters. The molecule has 3 saturated heterocycles. The summed E-state index contributed by atoms with van der Waals surface area (Å²) in [6.45, 7) is 1.12. The fourth-order valence-electron chi connectivity index (χ4n) is 6.31. The fraction of sp³-hybridized carbons (Fsp3) is 0.448. The van der Waals surface area contributed by atoms with Gasteiger partial charge in [-0.1, -0.05) is 12.1 Å². The predicted molar refractivity (Wildman–Crippen MR) is 156 cm³/mol. The molecular formula is C29H31F2N4O7PS. The number of amides is 3. The van der Waals surface area contributed by atoms with Gasteiger partial charge in [-0.3, -0.25) is 23.9 Å². The Morgan fingerprint density at radius 3 is 2.70 bits per heavy atom. The van der Waals surface area contributed by atoms with E-state index in [0.29, 0.717) is 56.5 Å². The molecule has 3 aliphatic heterocycles. The number of carbonyl (C=O) groups excluding carboxylic acids is 3. The second-order valence-corrected chi connectivity index (χ2v) is 14.1. The number of halogens is 2. The van der Waals surface area contributed by atoms with Crippen molar-refractivity contribution in [1.82, 2.24) is 20.1 Å². The summed E-state index contributed by atoms with van der Waals surface area (Å²) in [5.74, 6) is -1.03. The molecular weight excluding hydrogens is 617 g/mol. The zero-order valence-corrected chi connectivity index (χ0v) is 25.2. The number of nitrogens with zero attached hydrogens (tertiary/aromatic N) is 3. The molecule has 0 aliphatic carbocycles. The molecule has 2 aromatic heterocycles. The number of rotatable bonds is 6. The maximum absolute atomic E-state index is 14.2. The first-order valence-electron chi connectivity index (χ1n) is 14.3. The minimum atomic E-state index is -5.75. The minimum absolute atomic E-state index is 0.105. The van der Waals surface area contributed by atoms with Crippen molar-refractivity contribution in [3.05, 3.63) is 64.8 Å². The molecule has 2 unspecified atom stereocenters. The molecule has 0 radical (unpaired) electrons. The lowest BCUT2D eigenvalue weighted by atomic mass is 10.0. The van der Waals surface area contributed by atoms with Gasteiger partial charge in [-0.2, -0.15) is 8.78 Å². The van der Waals surface area contributed by atoms with E-state index in [9.17, 15) is 27.7 Å². The maximum atomic E-state index is 14.2. The van der Waals surface area contributed by atoms with Crippen LogP contribution in [0.15, 0.2) is 48.8 Å². The van der Waals surface area contributed by atoms with Crippen LogP contribution in [0.2, 0.25) is 0 Å². The number of pyridine rings is 1. The zero-order chi connectivity index (χ0) is 31.2. The summed E-state index contributed by atoms with van der Waals surface area (Å²) < 4.78 is 46.1.